The fourth-order valence-electron chi connectivity index (χ4n) is 1.90. The van der Waals surface area contributed by atoms with Gasteiger partial charge in [-0.25, -0.2) is 17.9 Å². The number of rotatable bonds is 5. The lowest BCUT2D eigenvalue weighted by atomic mass is 10.1. The molecule has 1 N–H and O–H groups in total. The molecule has 23 heavy (non-hydrogen) atoms. The molecule has 0 amide bonds. The van der Waals surface area contributed by atoms with Gasteiger partial charge < -0.3 is 4.74 Å². The van der Waals surface area contributed by atoms with Crippen LogP contribution in [0.25, 0.3) is 0 Å². The maximum absolute atomic E-state index is 12.2. The predicted octanol–water partition coefficient (Wildman–Crippen LogP) is 1.82. The highest BCUT2D eigenvalue weighted by atomic mass is 32.2. The van der Waals surface area contributed by atoms with Gasteiger partial charge >= 0.3 is 5.97 Å². The summed E-state index contributed by atoms with van der Waals surface area (Å²) in [6.45, 7) is 0.0661. The monoisotopic (exact) mass is 330 g/mol. The van der Waals surface area contributed by atoms with E-state index in [1.165, 1.54) is 31.4 Å². The van der Waals surface area contributed by atoms with Gasteiger partial charge in [-0.05, 0) is 42.0 Å². The maximum atomic E-state index is 12.2. The molecular formula is C16H14N2O4S. The van der Waals surface area contributed by atoms with Crippen molar-refractivity contribution in [1.82, 2.24) is 4.72 Å². The molecule has 2 aromatic rings. The molecule has 0 unspecified atom stereocenters. The van der Waals surface area contributed by atoms with Crippen molar-refractivity contribution >= 4 is 16.0 Å². The molecule has 0 aromatic heterocycles. The number of hydrogen-bond donors (Lipinski definition) is 1. The standard InChI is InChI=1S/C16H14N2O4S/c1-22-16(19)14-5-7-15(8-6-14)23(20,21)18-11-13-4-2-3-12(9-13)10-17/h2-9,18H,11H2,1H3. The highest BCUT2D eigenvalue weighted by Gasteiger charge is 2.15. The molecule has 0 spiro atoms. The zero-order chi connectivity index (χ0) is 16.9. The average molecular weight is 330 g/mol. The largest absolute Gasteiger partial charge is 0.465 e. The van der Waals surface area contributed by atoms with E-state index in [0.29, 0.717) is 11.1 Å². The number of nitrogens with zero attached hydrogens (tertiary/aromatic N) is 1. The van der Waals surface area contributed by atoms with Gasteiger partial charge in [-0.2, -0.15) is 5.26 Å². The van der Waals surface area contributed by atoms with Crippen LogP contribution in [0.15, 0.2) is 53.4 Å². The molecule has 2 aromatic carbocycles. The quantitative estimate of drug-likeness (QED) is 0.844. The van der Waals surface area contributed by atoms with E-state index >= 15 is 0 Å². The van der Waals surface area contributed by atoms with E-state index in [1.807, 2.05) is 6.07 Å². The molecule has 7 heteroatoms. The second-order valence-corrected chi connectivity index (χ2v) is 6.42. The molecule has 118 valence electrons. The summed E-state index contributed by atoms with van der Waals surface area (Å²) >= 11 is 0. The third kappa shape index (κ3) is 4.16. The molecule has 0 heterocycles. The SMILES string of the molecule is COC(=O)c1ccc(S(=O)(=O)NCc2cccc(C#N)c2)cc1. The third-order valence-corrected chi connectivity index (χ3v) is 4.53. The van der Waals surface area contributed by atoms with E-state index in [2.05, 4.69) is 9.46 Å². The fraction of sp³-hybridized carbons (Fsp3) is 0.125. The summed E-state index contributed by atoms with van der Waals surface area (Å²) < 4.78 is 31.4. The Labute approximate surface area is 134 Å². The van der Waals surface area contributed by atoms with E-state index in [9.17, 15) is 13.2 Å². The van der Waals surface area contributed by atoms with E-state index < -0.39 is 16.0 Å². The fourth-order valence-corrected chi connectivity index (χ4v) is 2.92. The number of ether oxygens (including phenoxy) is 1. The van der Waals surface area contributed by atoms with Crippen LogP contribution in [-0.2, 0) is 21.3 Å². The van der Waals surface area contributed by atoms with Gasteiger partial charge in [0.1, 0.15) is 0 Å². The summed E-state index contributed by atoms with van der Waals surface area (Å²) in [6, 6.07) is 14.1. The van der Waals surface area contributed by atoms with Crippen molar-refractivity contribution in [3.63, 3.8) is 0 Å². The topological polar surface area (TPSA) is 96.3 Å². The van der Waals surface area contributed by atoms with E-state index in [0.717, 1.165) is 0 Å². The first-order valence-corrected chi connectivity index (χ1v) is 8.11. The first-order valence-electron chi connectivity index (χ1n) is 6.63. The van der Waals surface area contributed by atoms with Crippen molar-refractivity contribution < 1.29 is 17.9 Å². The van der Waals surface area contributed by atoms with Crippen molar-refractivity contribution in [2.24, 2.45) is 0 Å². The number of nitriles is 1. The number of nitrogens with one attached hydrogen (secondary N) is 1. The number of hydrogen-bond acceptors (Lipinski definition) is 5. The number of esters is 1. The van der Waals surface area contributed by atoms with Gasteiger partial charge in [0.25, 0.3) is 0 Å². The Morgan fingerprint density at radius 1 is 1.22 bits per heavy atom. The minimum Gasteiger partial charge on any atom is -0.465 e. The van der Waals surface area contributed by atoms with Crippen LogP contribution < -0.4 is 4.72 Å². The zero-order valence-corrected chi connectivity index (χ0v) is 13.1. The third-order valence-electron chi connectivity index (χ3n) is 3.11. The van der Waals surface area contributed by atoms with E-state index in [4.69, 9.17) is 5.26 Å². The van der Waals surface area contributed by atoms with Gasteiger partial charge in [0.15, 0.2) is 0 Å². The predicted molar refractivity (Wildman–Crippen MR) is 83.0 cm³/mol. The molecule has 6 nitrogen and oxygen atoms in total. The lowest BCUT2D eigenvalue weighted by Crippen LogP contribution is -2.23. The van der Waals surface area contributed by atoms with Gasteiger partial charge in [0, 0.05) is 6.54 Å². The van der Waals surface area contributed by atoms with Gasteiger partial charge in [0.2, 0.25) is 10.0 Å². The molecule has 2 rings (SSSR count). The first kappa shape index (κ1) is 16.7. The van der Waals surface area contributed by atoms with Gasteiger partial charge in [0.05, 0.1) is 29.2 Å². The Kier molecular flexibility index (Phi) is 5.11. The number of carbonyl (C=O) groups excluding carboxylic acids is 1. The molecule has 0 aliphatic rings. The smallest absolute Gasteiger partial charge is 0.337 e. The number of methoxy groups -OCH3 is 1. The highest BCUT2D eigenvalue weighted by Crippen LogP contribution is 2.12. The summed E-state index contributed by atoms with van der Waals surface area (Å²) in [5, 5.41) is 8.83. The molecule has 0 aliphatic carbocycles. The molecular weight excluding hydrogens is 316 g/mol. The van der Waals surface area contributed by atoms with E-state index in [-0.39, 0.29) is 17.0 Å². The van der Waals surface area contributed by atoms with Gasteiger partial charge in [-0.3, -0.25) is 0 Å². The molecule has 0 saturated carbocycles. The molecule has 0 radical (unpaired) electrons. The normalized spacial score (nSPS) is 10.8. The van der Waals surface area contributed by atoms with Crippen LogP contribution in [0.2, 0.25) is 0 Å². The maximum Gasteiger partial charge on any atom is 0.337 e. The van der Waals surface area contributed by atoms with Crippen LogP contribution in [0.3, 0.4) is 0 Å². The Balaban J connectivity index is 2.12. The molecule has 0 aliphatic heterocycles. The van der Waals surface area contributed by atoms with Crippen molar-refractivity contribution in [3.8, 4) is 6.07 Å². The Hall–Kier alpha value is -2.69. The molecule has 0 saturated heterocycles. The second kappa shape index (κ2) is 7.05. The number of sulfonamides is 1. The highest BCUT2D eigenvalue weighted by molar-refractivity contribution is 7.89. The van der Waals surface area contributed by atoms with Crippen LogP contribution in [0.5, 0.6) is 0 Å². The number of carbonyl (C=O) groups is 1. The molecule has 0 atom stereocenters. The van der Waals surface area contributed by atoms with Gasteiger partial charge in [-0.15, -0.1) is 0 Å². The zero-order valence-electron chi connectivity index (χ0n) is 12.3. The van der Waals surface area contributed by atoms with Crippen molar-refractivity contribution in [1.29, 1.82) is 5.26 Å². The molecule has 0 fully saturated rings. The van der Waals surface area contributed by atoms with Crippen molar-refractivity contribution in [2.75, 3.05) is 7.11 Å². The average Bonchev–Trinajstić information content (AvgIpc) is 2.59. The summed E-state index contributed by atoms with van der Waals surface area (Å²) in [7, 11) is -2.46. The van der Waals surface area contributed by atoms with Crippen LogP contribution in [-0.4, -0.2) is 21.5 Å². The van der Waals surface area contributed by atoms with Crippen molar-refractivity contribution in [3.05, 3.63) is 65.2 Å². The van der Waals surface area contributed by atoms with Gasteiger partial charge in [-0.1, -0.05) is 12.1 Å². The van der Waals surface area contributed by atoms with E-state index in [1.54, 1.807) is 24.3 Å². The minimum atomic E-state index is -3.71. The number of benzene rings is 2. The summed E-state index contributed by atoms with van der Waals surface area (Å²) in [6.07, 6.45) is 0. The van der Waals surface area contributed by atoms with Crippen LogP contribution in [0, 0.1) is 11.3 Å². The Morgan fingerprint density at radius 2 is 1.91 bits per heavy atom. The Bertz CT molecular complexity index is 852. The lowest BCUT2D eigenvalue weighted by molar-refractivity contribution is 0.0600. The summed E-state index contributed by atoms with van der Waals surface area (Å²) in [5.74, 6) is -0.532. The first-order chi connectivity index (χ1) is 11.0. The lowest BCUT2D eigenvalue weighted by Gasteiger charge is -2.08. The van der Waals surface area contributed by atoms with Crippen LogP contribution in [0.4, 0.5) is 0 Å². The van der Waals surface area contributed by atoms with Crippen LogP contribution in [0.1, 0.15) is 21.5 Å². The molecule has 0 bridgehead atoms. The Morgan fingerprint density at radius 3 is 2.52 bits per heavy atom. The summed E-state index contributed by atoms with van der Waals surface area (Å²) in [5.41, 5.74) is 1.41. The second-order valence-electron chi connectivity index (χ2n) is 4.65. The summed E-state index contributed by atoms with van der Waals surface area (Å²) in [4.78, 5) is 11.4. The minimum absolute atomic E-state index is 0.0431. The van der Waals surface area contributed by atoms with Crippen LogP contribution >= 0.6 is 0 Å². The van der Waals surface area contributed by atoms with Crippen molar-refractivity contribution in [2.45, 2.75) is 11.4 Å².